The Labute approximate surface area is 157 Å². The van der Waals surface area contributed by atoms with Gasteiger partial charge in [0, 0.05) is 18.8 Å². The van der Waals surface area contributed by atoms with Crippen LogP contribution in [0.4, 0.5) is 4.39 Å². The molecule has 2 amide bonds. The summed E-state index contributed by atoms with van der Waals surface area (Å²) >= 11 is 0. The molecule has 1 aromatic carbocycles. The van der Waals surface area contributed by atoms with Gasteiger partial charge in [-0.1, -0.05) is 12.1 Å². The second-order valence-electron chi connectivity index (χ2n) is 6.94. The molecule has 2 heterocycles. The van der Waals surface area contributed by atoms with Crippen LogP contribution in [0.25, 0.3) is 0 Å². The van der Waals surface area contributed by atoms with E-state index in [-0.39, 0.29) is 17.4 Å². The van der Waals surface area contributed by atoms with Crippen molar-refractivity contribution in [2.24, 2.45) is 11.7 Å². The van der Waals surface area contributed by atoms with Gasteiger partial charge in [-0.2, -0.15) is 0 Å². The smallest absolute Gasteiger partial charge is 0.267 e. The van der Waals surface area contributed by atoms with Crippen LogP contribution in [-0.4, -0.2) is 39.8 Å². The first-order valence-electron chi connectivity index (χ1n) is 9.14. The molecule has 0 spiro atoms. The number of aromatic nitrogens is 2. The molecule has 6 nitrogen and oxygen atoms in total. The molecule has 1 aliphatic rings. The predicted octanol–water partition coefficient (Wildman–Crippen LogP) is 2.13. The predicted molar refractivity (Wildman–Crippen MR) is 98.3 cm³/mol. The fourth-order valence-corrected chi connectivity index (χ4v) is 3.45. The van der Waals surface area contributed by atoms with Gasteiger partial charge in [-0.25, -0.2) is 14.4 Å². The number of carbonyl (C=O) groups excluding carboxylic acids is 2. The maximum Gasteiger partial charge on any atom is 0.267 e. The molecule has 1 saturated heterocycles. The largest absolute Gasteiger partial charge is 0.364 e. The average Bonchev–Trinajstić information content (AvgIpc) is 2.89. The highest BCUT2D eigenvalue weighted by atomic mass is 19.1. The van der Waals surface area contributed by atoms with Crippen molar-refractivity contribution in [3.8, 4) is 0 Å². The molecular weight excluding hydrogens is 347 g/mol. The minimum Gasteiger partial charge on any atom is -0.364 e. The summed E-state index contributed by atoms with van der Waals surface area (Å²) in [6.07, 6.45) is 5.20. The standard InChI is InChI=1S/C20H23FN4O2/c21-16-5-3-15(4-6-16)11-19(26)25-8-1-2-14(7-9-25)10-17-12-18(20(22)27)24-13-23-17/h3-6,12-14H,1-2,7-11H2,(H2,22,27)/t14-/m0/s1. The van der Waals surface area contributed by atoms with Gasteiger partial charge in [0.25, 0.3) is 5.91 Å². The van der Waals surface area contributed by atoms with Crippen LogP contribution >= 0.6 is 0 Å². The van der Waals surface area contributed by atoms with Crippen LogP contribution in [0, 0.1) is 11.7 Å². The lowest BCUT2D eigenvalue weighted by molar-refractivity contribution is -0.130. The second kappa shape index (κ2) is 8.70. The van der Waals surface area contributed by atoms with Gasteiger partial charge in [0.05, 0.1) is 6.42 Å². The van der Waals surface area contributed by atoms with Crippen molar-refractivity contribution in [1.29, 1.82) is 0 Å². The number of rotatable bonds is 5. The SMILES string of the molecule is NC(=O)c1cc(C[C@H]2CCCN(C(=O)Cc3ccc(F)cc3)CC2)ncn1. The Bertz CT molecular complexity index is 810. The molecule has 1 fully saturated rings. The average molecular weight is 370 g/mol. The first-order valence-corrected chi connectivity index (χ1v) is 9.14. The summed E-state index contributed by atoms with van der Waals surface area (Å²) in [7, 11) is 0. The van der Waals surface area contributed by atoms with E-state index in [0.29, 0.717) is 18.9 Å². The van der Waals surface area contributed by atoms with E-state index in [1.54, 1.807) is 18.2 Å². The molecule has 0 aliphatic carbocycles. The number of likely N-dealkylation sites (tertiary alicyclic amines) is 1. The molecule has 142 valence electrons. The number of benzene rings is 1. The van der Waals surface area contributed by atoms with E-state index < -0.39 is 5.91 Å². The number of nitrogens with zero attached hydrogens (tertiary/aromatic N) is 3. The van der Waals surface area contributed by atoms with Crippen LogP contribution in [-0.2, 0) is 17.6 Å². The summed E-state index contributed by atoms with van der Waals surface area (Å²) in [4.78, 5) is 33.8. The van der Waals surface area contributed by atoms with Crippen LogP contribution in [0.3, 0.4) is 0 Å². The molecule has 0 saturated carbocycles. The van der Waals surface area contributed by atoms with Crippen LogP contribution in [0.5, 0.6) is 0 Å². The molecule has 2 N–H and O–H groups in total. The van der Waals surface area contributed by atoms with Gasteiger partial charge in [0.1, 0.15) is 17.8 Å². The molecule has 1 aromatic heterocycles. The summed E-state index contributed by atoms with van der Waals surface area (Å²) in [6, 6.07) is 7.70. The highest BCUT2D eigenvalue weighted by Crippen LogP contribution is 2.22. The number of amides is 2. The summed E-state index contributed by atoms with van der Waals surface area (Å²) < 4.78 is 13.0. The van der Waals surface area contributed by atoms with Gasteiger partial charge in [-0.15, -0.1) is 0 Å². The van der Waals surface area contributed by atoms with Crippen LogP contribution in [0.15, 0.2) is 36.7 Å². The Hall–Kier alpha value is -2.83. The highest BCUT2D eigenvalue weighted by Gasteiger charge is 2.21. The maximum atomic E-state index is 13.0. The van der Waals surface area contributed by atoms with Crippen LogP contribution in [0.2, 0.25) is 0 Å². The number of nitrogens with two attached hydrogens (primary N) is 1. The molecule has 0 bridgehead atoms. The Morgan fingerprint density at radius 2 is 1.93 bits per heavy atom. The van der Waals surface area contributed by atoms with Gasteiger partial charge < -0.3 is 10.6 Å². The molecule has 0 unspecified atom stereocenters. The summed E-state index contributed by atoms with van der Waals surface area (Å²) in [6.45, 7) is 1.42. The lowest BCUT2D eigenvalue weighted by Crippen LogP contribution is -2.33. The quantitative estimate of drug-likeness (QED) is 0.873. The maximum absolute atomic E-state index is 13.0. The van der Waals surface area contributed by atoms with E-state index in [2.05, 4.69) is 9.97 Å². The third kappa shape index (κ3) is 5.32. The van der Waals surface area contributed by atoms with Crippen molar-refractivity contribution in [2.75, 3.05) is 13.1 Å². The normalized spacial score (nSPS) is 17.4. The molecule has 3 rings (SSSR count). The highest BCUT2D eigenvalue weighted by molar-refractivity contribution is 5.90. The first kappa shape index (κ1) is 18.9. The number of hydrogen-bond donors (Lipinski definition) is 1. The van der Waals surface area contributed by atoms with E-state index in [9.17, 15) is 14.0 Å². The monoisotopic (exact) mass is 370 g/mol. The van der Waals surface area contributed by atoms with E-state index >= 15 is 0 Å². The van der Waals surface area contributed by atoms with Crippen molar-refractivity contribution in [1.82, 2.24) is 14.9 Å². The summed E-state index contributed by atoms with van der Waals surface area (Å²) in [5.41, 5.74) is 7.12. The van der Waals surface area contributed by atoms with Gasteiger partial charge >= 0.3 is 0 Å². The van der Waals surface area contributed by atoms with Crippen molar-refractivity contribution < 1.29 is 14.0 Å². The number of halogens is 1. The molecular formula is C20H23FN4O2. The molecule has 1 aliphatic heterocycles. The fraction of sp³-hybridized carbons (Fsp3) is 0.400. The third-order valence-electron chi connectivity index (χ3n) is 4.94. The van der Waals surface area contributed by atoms with E-state index in [1.807, 2.05) is 4.90 Å². The van der Waals surface area contributed by atoms with Crippen molar-refractivity contribution in [3.05, 3.63) is 59.4 Å². The van der Waals surface area contributed by atoms with Crippen molar-refractivity contribution in [2.45, 2.75) is 32.1 Å². The third-order valence-corrected chi connectivity index (χ3v) is 4.94. The van der Waals surface area contributed by atoms with Crippen molar-refractivity contribution >= 4 is 11.8 Å². The fourth-order valence-electron chi connectivity index (χ4n) is 3.45. The topological polar surface area (TPSA) is 89.2 Å². The Morgan fingerprint density at radius 3 is 2.67 bits per heavy atom. The molecule has 0 radical (unpaired) electrons. The van der Waals surface area contributed by atoms with Crippen LogP contribution < -0.4 is 5.73 Å². The minimum absolute atomic E-state index is 0.0697. The Kier molecular flexibility index (Phi) is 6.11. The molecule has 1 atom stereocenters. The molecule has 7 heteroatoms. The first-order chi connectivity index (χ1) is 13.0. The number of carbonyl (C=O) groups is 2. The molecule has 2 aromatic rings. The summed E-state index contributed by atoms with van der Waals surface area (Å²) in [5.74, 6) is -0.394. The van der Waals surface area contributed by atoms with E-state index in [1.165, 1.54) is 18.5 Å². The van der Waals surface area contributed by atoms with Gasteiger partial charge in [0.2, 0.25) is 5.91 Å². The number of hydrogen-bond acceptors (Lipinski definition) is 4. The van der Waals surface area contributed by atoms with Crippen molar-refractivity contribution in [3.63, 3.8) is 0 Å². The zero-order valence-electron chi connectivity index (χ0n) is 15.1. The second-order valence-corrected chi connectivity index (χ2v) is 6.94. The zero-order valence-corrected chi connectivity index (χ0v) is 15.1. The van der Waals surface area contributed by atoms with Gasteiger partial charge in [0.15, 0.2) is 0 Å². The lowest BCUT2D eigenvalue weighted by atomic mass is 9.95. The van der Waals surface area contributed by atoms with E-state index in [0.717, 1.165) is 43.5 Å². The lowest BCUT2D eigenvalue weighted by Gasteiger charge is -2.21. The zero-order chi connectivity index (χ0) is 19.2. The van der Waals surface area contributed by atoms with Crippen LogP contribution in [0.1, 0.15) is 41.0 Å². The number of primary amides is 1. The van der Waals surface area contributed by atoms with Gasteiger partial charge in [-0.3, -0.25) is 9.59 Å². The Morgan fingerprint density at radius 1 is 1.15 bits per heavy atom. The molecule has 27 heavy (non-hydrogen) atoms. The minimum atomic E-state index is -0.558. The van der Waals surface area contributed by atoms with Gasteiger partial charge in [-0.05, 0) is 55.4 Å². The Balaban J connectivity index is 1.55. The van der Waals surface area contributed by atoms with E-state index in [4.69, 9.17) is 5.73 Å². The summed E-state index contributed by atoms with van der Waals surface area (Å²) in [5, 5.41) is 0.